The van der Waals surface area contributed by atoms with E-state index in [1.54, 1.807) is 0 Å². The molecule has 0 saturated heterocycles. The van der Waals surface area contributed by atoms with Gasteiger partial charge in [0.15, 0.2) is 5.75 Å². The van der Waals surface area contributed by atoms with Crippen LogP contribution in [0.1, 0.15) is 52.0 Å². The Kier molecular flexibility index (Phi) is 8.79. The molecule has 0 fully saturated rings. The van der Waals surface area contributed by atoms with E-state index >= 15 is 0 Å². The van der Waals surface area contributed by atoms with Crippen molar-refractivity contribution in [2.45, 2.75) is 53.1 Å². The first-order chi connectivity index (χ1) is 15.6. The van der Waals surface area contributed by atoms with Gasteiger partial charge in [0.05, 0.1) is 12.1 Å². The number of hydrogen-bond acceptors (Lipinski definition) is 4. The van der Waals surface area contributed by atoms with E-state index < -0.39 is 0 Å². The first kappa shape index (κ1) is 23.5. The van der Waals surface area contributed by atoms with Crippen molar-refractivity contribution in [3.8, 4) is 17.2 Å². The molecule has 5 nitrogen and oxygen atoms in total. The Labute approximate surface area is 190 Å². The molecule has 0 unspecified atom stereocenters. The molecule has 0 saturated carbocycles. The molecule has 1 N–H and O–H groups in total. The lowest BCUT2D eigenvalue weighted by atomic mass is 10.1. The van der Waals surface area contributed by atoms with Crippen LogP contribution >= 0.6 is 0 Å². The van der Waals surface area contributed by atoms with Gasteiger partial charge in [0.25, 0.3) is 5.56 Å². The molecule has 3 aromatic rings. The number of aromatic nitrogens is 1. The van der Waals surface area contributed by atoms with Crippen LogP contribution < -0.4 is 19.8 Å². The summed E-state index contributed by atoms with van der Waals surface area (Å²) in [6, 6.07) is 15.6. The SMILES string of the molecule is CCCCCCOc1c(OCC=C(C)C)c2ccc(OCc3ccccc3)cc2[nH]c1=O. The van der Waals surface area contributed by atoms with E-state index in [9.17, 15) is 4.79 Å². The fourth-order valence-electron chi connectivity index (χ4n) is 3.33. The van der Waals surface area contributed by atoms with Gasteiger partial charge in [-0.25, -0.2) is 0 Å². The number of benzene rings is 2. The van der Waals surface area contributed by atoms with Gasteiger partial charge < -0.3 is 19.2 Å². The second-order valence-electron chi connectivity index (χ2n) is 8.10. The maximum atomic E-state index is 12.8. The summed E-state index contributed by atoms with van der Waals surface area (Å²) in [5, 5.41) is 0.794. The number of hydrogen-bond donors (Lipinski definition) is 1. The number of fused-ring (bicyclic) bond motifs is 1. The van der Waals surface area contributed by atoms with Gasteiger partial charge in [-0.05, 0) is 44.0 Å². The molecular formula is C27H33NO4. The highest BCUT2D eigenvalue weighted by atomic mass is 16.5. The predicted octanol–water partition coefficient (Wildman–Crippen LogP) is 6.41. The minimum Gasteiger partial charge on any atom is -0.489 e. The molecule has 2 aromatic carbocycles. The molecule has 0 radical (unpaired) electrons. The molecule has 0 aliphatic carbocycles. The van der Waals surface area contributed by atoms with Crippen molar-refractivity contribution in [1.29, 1.82) is 0 Å². The maximum absolute atomic E-state index is 12.8. The lowest BCUT2D eigenvalue weighted by molar-refractivity contribution is 0.274. The van der Waals surface area contributed by atoms with E-state index in [-0.39, 0.29) is 11.3 Å². The highest BCUT2D eigenvalue weighted by Crippen LogP contribution is 2.33. The number of nitrogens with one attached hydrogen (secondary N) is 1. The average molecular weight is 436 g/mol. The summed E-state index contributed by atoms with van der Waals surface area (Å²) in [5.41, 5.74) is 2.60. The van der Waals surface area contributed by atoms with Crippen LogP contribution in [0.2, 0.25) is 0 Å². The van der Waals surface area contributed by atoms with Crippen molar-refractivity contribution < 1.29 is 14.2 Å². The Bertz CT molecular complexity index is 1080. The number of aromatic amines is 1. The monoisotopic (exact) mass is 435 g/mol. The third-order valence-electron chi connectivity index (χ3n) is 5.11. The van der Waals surface area contributed by atoms with Gasteiger partial charge in [0.1, 0.15) is 19.0 Å². The standard InChI is InChI=1S/C27H33NO4/c1-4-5-6-10-16-30-26-25(31-17-15-20(2)3)23-14-13-22(18-24(23)28-27(26)29)32-19-21-11-8-7-9-12-21/h7-9,11-15,18H,4-6,10,16-17,19H2,1-3H3,(H,28,29). The smallest absolute Gasteiger partial charge is 0.294 e. The second-order valence-corrected chi connectivity index (χ2v) is 8.10. The first-order valence-electron chi connectivity index (χ1n) is 11.3. The zero-order valence-corrected chi connectivity index (χ0v) is 19.3. The van der Waals surface area contributed by atoms with Gasteiger partial charge in [-0.1, -0.05) is 62.1 Å². The number of ether oxygens (including phenoxy) is 3. The Morgan fingerprint density at radius 1 is 0.938 bits per heavy atom. The van der Waals surface area contributed by atoms with Crippen LogP contribution in [0.5, 0.6) is 17.2 Å². The average Bonchev–Trinajstić information content (AvgIpc) is 2.79. The Hall–Kier alpha value is -3.21. The van der Waals surface area contributed by atoms with E-state index in [1.165, 1.54) is 0 Å². The largest absolute Gasteiger partial charge is 0.489 e. The Morgan fingerprint density at radius 3 is 2.50 bits per heavy atom. The van der Waals surface area contributed by atoms with E-state index in [0.29, 0.717) is 36.8 Å². The van der Waals surface area contributed by atoms with Crippen LogP contribution in [0.3, 0.4) is 0 Å². The summed E-state index contributed by atoms with van der Waals surface area (Å²) in [6.45, 7) is 7.52. The van der Waals surface area contributed by atoms with Crippen LogP contribution in [-0.2, 0) is 6.61 Å². The van der Waals surface area contributed by atoms with Gasteiger partial charge in [0, 0.05) is 11.5 Å². The number of pyridine rings is 1. The zero-order valence-electron chi connectivity index (χ0n) is 19.3. The van der Waals surface area contributed by atoms with E-state index in [0.717, 1.165) is 42.2 Å². The van der Waals surface area contributed by atoms with Crippen molar-refractivity contribution in [2.75, 3.05) is 13.2 Å². The molecule has 1 aromatic heterocycles. The normalized spacial score (nSPS) is 10.7. The third-order valence-corrected chi connectivity index (χ3v) is 5.11. The quantitative estimate of drug-likeness (QED) is 0.264. The molecule has 0 spiro atoms. The van der Waals surface area contributed by atoms with E-state index in [2.05, 4.69) is 11.9 Å². The summed E-state index contributed by atoms with van der Waals surface area (Å²) in [5.74, 6) is 1.40. The molecule has 0 aliphatic heterocycles. The topological polar surface area (TPSA) is 60.6 Å². The van der Waals surface area contributed by atoms with Crippen LogP contribution in [0.25, 0.3) is 10.9 Å². The number of allylic oxidation sites excluding steroid dienone is 1. The molecule has 3 rings (SSSR count). The zero-order chi connectivity index (χ0) is 22.8. The molecule has 0 bridgehead atoms. The van der Waals surface area contributed by atoms with Crippen molar-refractivity contribution in [2.24, 2.45) is 0 Å². The third kappa shape index (κ3) is 6.64. The van der Waals surface area contributed by atoms with Gasteiger partial charge in [-0.3, -0.25) is 4.79 Å². The summed E-state index contributed by atoms with van der Waals surface area (Å²) < 4.78 is 17.8. The molecule has 1 heterocycles. The number of rotatable bonds is 12. The maximum Gasteiger partial charge on any atom is 0.294 e. The molecule has 32 heavy (non-hydrogen) atoms. The fourth-order valence-corrected chi connectivity index (χ4v) is 3.33. The van der Waals surface area contributed by atoms with Crippen LogP contribution in [-0.4, -0.2) is 18.2 Å². The van der Waals surface area contributed by atoms with Gasteiger partial charge >= 0.3 is 0 Å². The highest BCUT2D eigenvalue weighted by Gasteiger charge is 2.16. The highest BCUT2D eigenvalue weighted by molar-refractivity contribution is 5.88. The van der Waals surface area contributed by atoms with Crippen molar-refractivity contribution in [3.05, 3.63) is 76.1 Å². The van der Waals surface area contributed by atoms with E-state index in [1.807, 2.05) is 68.5 Å². The summed E-state index contributed by atoms with van der Waals surface area (Å²) in [7, 11) is 0. The molecule has 0 atom stereocenters. The van der Waals surface area contributed by atoms with Crippen LogP contribution in [0.15, 0.2) is 65.0 Å². The minimum absolute atomic E-state index is 0.245. The fraction of sp³-hybridized carbons (Fsp3) is 0.370. The summed E-state index contributed by atoms with van der Waals surface area (Å²) >= 11 is 0. The molecule has 0 aliphatic rings. The van der Waals surface area contributed by atoms with Crippen molar-refractivity contribution in [1.82, 2.24) is 4.98 Å². The Morgan fingerprint density at radius 2 is 1.75 bits per heavy atom. The molecule has 5 heteroatoms. The van der Waals surface area contributed by atoms with Crippen molar-refractivity contribution >= 4 is 10.9 Å². The lowest BCUT2D eigenvalue weighted by Crippen LogP contribution is -2.15. The van der Waals surface area contributed by atoms with Crippen molar-refractivity contribution in [3.63, 3.8) is 0 Å². The van der Waals surface area contributed by atoms with Gasteiger partial charge in [-0.15, -0.1) is 0 Å². The number of unbranched alkanes of at least 4 members (excludes halogenated alkanes) is 3. The van der Waals surface area contributed by atoms with Gasteiger partial charge in [-0.2, -0.15) is 0 Å². The molecular weight excluding hydrogens is 402 g/mol. The molecule has 0 amide bonds. The predicted molar refractivity (Wildman–Crippen MR) is 130 cm³/mol. The summed E-state index contributed by atoms with van der Waals surface area (Å²) in [6.07, 6.45) is 6.29. The van der Waals surface area contributed by atoms with Gasteiger partial charge in [0.2, 0.25) is 5.75 Å². The van der Waals surface area contributed by atoms with E-state index in [4.69, 9.17) is 14.2 Å². The van der Waals surface area contributed by atoms with Crippen LogP contribution in [0.4, 0.5) is 0 Å². The Balaban J connectivity index is 1.85. The summed E-state index contributed by atoms with van der Waals surface area (Å²) in [4.78, 5) is 15.8. The van der Waals surface area contributed by atoms with Crippen LogP contribution in [0, 0.1) is 0 Å². The minimum atomic E-state index is -0.291. The first-order valence-corrected chi connectivity index (χ1v) is 11.3. The lowest BCUT2D eigenvalue weighted by Gasteiger charge is -2.15. The molecule has 170 valence electrons. The second kappa shape index (κ2) is 12.0. The number of H-pyrrole nitrogens is 1.